The summed E-state index contributed by atoms with van der Waals surface area (Å²) < 4.78 is 3.03. The fourth-order valence-corrected chi connectivity index (χ4v) is 1.44. The Balaban J connectivity index is 2.71. The van der Waals surface area contributed by atoms with Crippen molar-refractivity contribution in [1.82, 2.24) is 5.32 Å². The SMILES string of the molecule is CSNc1cccc(C(=O)NCC=O)c1. The van der Waals surface area contributed by atoms with Gasteiger partial charge in [0.2, 0.25) is 0 Å². The largest absolute Gasteiger partial charge is 0.345 e. The lowest BCUT2D eigenvalue weighted by atomic mass is 10.2. The highest BCUT2D eigenvalue weighted by Gasteiger charge is 2.04. The molecule has 0 aromatic heterocycles. The predicted octanol–water partition coefficient (Wildman–Crippen LogP) is 1.31. The highest BCUT2D eigenvalue weighted by Crippen LogP contribution is 2.13. The van der Waals surface area contributed by atoms with Crippen molar-refractivity contribution < 1.29 is 9.59 Å². The first kappa shape index (κ1) is 11.6. The van der Waals surface area contributed by atoms with Crippen LogP contribution in [0.25, 0.3) is 0 Å². The van der Waals surface area contributed by atoms with Crippen molar-refractivity contribution in [2.75, 3.05) is 17.5 Å². The van der Waals surface area contributed by atoms with Gasteiger partial charge in [-0.25, -0.2) is 0 Å². The van der Waals surface area contributed by atoms with Crippen molar-refractivity contribution in [3.8, 4) is 0 Å². The number of hydrogen-bond donors (Lipinski definition) is 2. The number of nitrogens with one attached hydrogen (secondary N) is 2. The Kier molecular flexibility index (Phi) is 4.70. The van der Waals surface area contributed by atoms with E-state index in [-0.39, 0.29) is 12.5 Å². The van der Waals surface area contributed by atoms with E-state index in [9.17, 15) is 9.59 Å². The topological polar surface area (TPSA) is 58.2 Å². The number of hydrogen-bond acceptors (Lipinski definition) is 4. The van der Waals surface area contributed by atoms with E-state index in [0.29, 0.717) is 11.8 Å². The molecule has 1 amide bonds. The average molecular weight is 224 g/mol. The Morgan fingerprint density at radius 2 is 2.33 bits per heavy atom. The minimum atomic E-state index is -0.244. The van der Waals surface area contributed by atoms with Gasteiger partial charge in [-0.1, -0.05) is 18.0 Å². The number of carbonyl (C=O) groups is 2. The highest BCUT2D eigenvalue weighted by atomic mass is 32.2. The number of anilines is 1. The summed E-state index contributed by atoms with van der Waals surface area (Å²) in [6.45, 7) is 0.0407. The molecule has 0 aliphatic heterocycles. The molecule has 80 valence electrons. The summed E-state index contributed by atoms with van der Waals surface area (Å²) in [6.07, 6.45) is 2.56. The zero-order chi connectivity index (χ0) is 11.1. The Labute approximate surface area is 92.6 Å². The number of carbonyl (C=O) groups excluding carboxylic acids is 2. The van der Waals surface area contributed by atoms with Gasteiger partial charge in [0.15, 0.2) is 0 Å². The first-order valence-electron chi connectivity index (χ1n) is 4.39. The summed E-state index contributed by atoms with van der Waals surface area (Å²) in [4.78, 5) is 21.5. The molecule has 0 radical (unpaired) electrons. The molecule has 0 heterocycles. The van der Waals surface area contributed by atoms with Gasteiger partial charge < -0.3 is 14.8 Å². The van der Waals surface area contributed by atoms with Crippen LogP contribution in [0.3, 0.4) is 0 Å². The van der Waals surface area contributed by atoms with Crippen LogP contribution in [0.4, 0.5) is 5.69 Å². The molecule has 0 spiro atoms. The number of rotatable bonds is 5. The van der Waals surface area contributed by atoms with Crippen molar-refractivity contribution in [3.63, 3.8) is 0 Å². The summed E-state index contributed by atoms with van der Waals surface area (Å²) in [6, 6.07) is 7.09. The Bertz CT molecular complexity index is 355. The van der Waals surface area contributed by atoms with E-state index in [1.54, 1.807) is 18.2 Å². The van der Waals surface area contributed by atoms with Crippen LogP contribution in [-0.4, -0.2) is 25.0 Å². The summed E-state index contributed by atoms with van der Waals surface area (Å²) in [7, 11) is 0. The van der Waals surface area contributed by atoms with E-state index < -0.39 is 0 Å². The van der Waals surface area contributed by atoms with Gasteiger partial charge >= 0.3 is 0 Å². The Hall–Kier alpha value is -1.49. The molecule has 0 atom stereocenters. The summed E-state index contributed by atoms with van der Waals surface area (Å²) in [5.74, 6) is -0.244. The van der Waals surface area contributed by atoms with E-state index in [1.807, 2.05) is 12.3 Å². The predicted molar refractivity (Wildman–Crippen MR) is 62.0 cm³/mol. The second kappa shape index (κ2) is 6.08. The van der Waals surface area contributed by atoms with Gasteiger partial charge in [-0.15, -0.1) is 0 Å². The summed E-state index contributed by atoms with van der Waals surface area (Å²) in [5.41, 5.74) is 1.40. The van der Waals surface area contributed by atoms with Gasteiger partial charge in [0.1, 0.15) is 6.29 Å². The zero-order valence-electron chi connectivity index (χ0n) is 8.32. The molecule has 1 aromatic rings. The number of amides is 1. The van der Waals surface area contributed by atoms with Crippen LogP contribution in [0.2, 0.25) is 0 Å². The van der Waals surface area contributed by atoms with Gasteiger partial charge in [-0.2, -0.15) is 0 Å². The first-order valence-corrected chi connectivity index (χ1v) is 5.61. The Morgan fingerprint density at radius 3 is 3.00 bits per heavy atom. The maximum atomic E-state index is 11.5. The lowest BCUT2D eigenvalue weighted by Gasteiger charge is -2.05. The maximum Gasteiger partial charge on any atom is 0.251 e. The fourth-order valence-electron chi connectivity index (χ4n) is 1.08. The monoisotopic (exact) mass is 224 g/mol. The van der Waals surface area contributed by atoms with E-state index in [0.717, 1.165) is 5.69 Å². The van der Waals surface area contributed by atoms with Crippen LogP contribution in [0.1, 0.15) is 10.4 Å². The third kappa shape index (κ3) is 3.63. The molecule has 0 bridgehead atoms. The van der Waals surface area contributed by atoms with E-state index in [2.05, 4.69) is 10.0 Å². The van der Waals surface area contributed by atoms with Gasteiger partial charge in [0.25, 0.3) is 5.91 Å². The highest BCUT2D eigenvalue weighted by molar-refractivity contribution is 7.99. The second-order valence-electron chi connectivity index (χ2n) is 2.76. The molecule has 0 unspecified atom stereocenters. The smallest absolute Gasteiger partial charge is 0.251 e. The normalized spacial score (nSPS) is 9.40. The van der Waals surface area contributed by atoms with Crippen LogP contribution in [-0.2, 0) is 4.79 Å². The quantitative estimate of drug-likeness (QED) is 0.585. The molecule has 15 heavy (non-hydrogen) atoms. The van der Waals surface area contributed by atoms with Crippen LogP contribution in [0.5, 0.6) is 0 Å². The van der Waals surface area contributed by atoms with Crippen molar-refractivity contribution >= 4 is 29.8 Å². The first-order chi connectivity index (χ1) is 7.27. The van der Waals surface area contributed by atoms with Crippen LogP contribution < -0.4 is 10.0 Å². The van der Waals surface area contributed by atoms with Gasteiger partial charge in [-0.05, 0) is 18.2 Å². The Morgan fingerprint density at radius 1 is 1.53 bits per heavy atom. The molecule has 1 rings (SSSR count). The third-order valence-electron chi connectivity index (χ3n) is 1.69. The van der Waals surface area contributed by atoms with Gasteiger partial charge in [0.05, 0.1) is 6.54 Å². The average Bonchev–Trinajstić information content (AvgIpc) is 2.27. The van der Waals surface area contributed by atoms with Crippen molar-refractivity contribution in [2.45, 2.75) is 0 Å². The molecule has 0 aliphatic rings. The molecule has 0 saturated heterocycles. The summed E-state index contributed by atoms with van der Waals surface area (Å²) >= 11 is 1.46. The summed E-state index contributed by atoms with van der Waals surface area (Å²) in [5, 5.41) is 2.48. The molecule has 4 nitrogen and oxygen atoms in total. The molecule has 0 saturated carbocycles. The molecule has 0 fully saturated rings. The molecule has 5 heteroatoms. The van der Waals surface area contributed by atoms with Crippen LogP contribution in [0.15, 0.2) is 24.3 Å². The maximum absolute atomic E-state index is 11.5. The van der Waals surface area contributed by atoms with Crippen LogP contribution >= 0.6 is 11.9 Å². The van der Waals surface area contributed by atoms with E-state index >= 15 is 0 Å². The van der Waals surface area contributed by atoms with Crippen molar-refractivity contribution in [3.05, 3.63) is 29.8 Å². The van der Waals surface area contributed by atoms with Crippen molar-refractivity contribution in [1.29, 1.82) is 0 Å². The van der Waals surface area contributed by atoms with Crippen LogP contribution in [0, 0.1) is 0 Å². The minimum absolute atomic E-state index is 0.0407. The second-order valence-corrected chi connectivity index (χ2v) is 3.38. The zero-order valence-corrected chi connectivity index (χ0v) is 9.14. The van der Waals surface area contributed by atoms with Gasteiger partial charge in [0, 0.05) is 17.5 Å². The minimum Gasteiger partial charge on any atom is -0.345 e. The standard InChI is InChI=1S/C10H12N2O2S/c1-15-12-9-4-2-3-8(7-9)10(14)11-5-6-13/h2-4,6-7,12H,5H2,1H3,(H,11,14). The lowest BCUT2D eigenvalue weighted by Crippen LogP contribution is -2.25. The molecular weight excluding hydrogens is 212 g/mol. The van der Waals surface area contributed by atoms with Crippen molar-refractivity contribution in [2.24, 2.45) is 0 Å². The molecule has 2 N–H and O–H groups in total. The fraction of sp³-hybridized carbons (Fsp3) is 0.200. The molecule has 1 aromatic carbocycles. The van der Waals surface area contributed by atoms with Gasteiger partial charge in [-0.3, -0.25) is 4.79 Å². The third-order valence-corrected chi connectivity index (χ3v) is 2.13. The molecule has 0 aliphatic carbocycles. The number of benzene rings is 1. The van der Waals surface area contributed by atoms with E-state index in [1.165, 1.54) is 11.9 Å². The number of aldehydes is 1. The van der Waals surface area contributed by atoms with E-state index in [4.69, 9.17) is 0 Å². The lowest BCUT2D eigenvalue weighted by molar-refractivity contribution is -0.107. The molecular formula is C10H12N2O2S.